The molecule has 0 amide bonds. The highest BCUT2D eigenvalue weighted by Gasteiger charge is 2.05. The molecule has 4 nitrogen and oxygen atoms in total. The second-order valence-electron chi connectivity index (χ2n) is 4.68. The Morgan fingerprint density at radius 3 is 2.38 bits per heavy atom. The van der Waals surface area contributed by atoms with Gasteiger partial charge in [-0.3, -0.25) is 10.1 Å². The number of nitrogens with zero attached hydrogens (tertiary/aromatic N) is 1. The predicted molar refractivity (Wildman–Crippen MR) is 81.4 cm³/mol. The Hall–Kier alpha value is -2.88. The second-order valence-corrected chi connectivity index (χ2v) is 4.68. The van der Waals surface area contributed by atoms with E-state index in [1.54, 1.807) is 12.1 Å². The first kappa shape index (κ1) is 13.1. The minimum Gasteiger partial charge on any atom is -0.489 e. The van der Waals surface area contributed by atoms with Gasteiger partial charge in [-0.1, -0.05) is 42.5 Å². The van der Waals surface area contributed by atoms with Crippen molar-refractivity contribution in [2.45, 2.75) is 6.61 Å². The molecule has 0 saturated heterocycles. The van der Waals surface area contributed by atoms with Crippen LogP contribution in [0.15, 0.2) is 66.7 Å². The number of fused-ring (bicyclic) bond motifs is 1. The maximum Gasteiger partial charge on any atom is 0.269 e. The SMILES string of the molecule is O=[N+]([O-])c1ccc(OCc2cccc3ccccc23)cc1. The molecule has 3 aromatic rings. The van der Waals surface area contributed by atoms with Crippen molar-refractivity contribution in [1.82, 2.24) is 0 Å². The Labute approximate surface area is 121 Å². The highest BCUT2D eigenvalue weighted by molar-refractivity contribution is 5.85. The Balaban J connectivity index is 1.79. The van der Waals surface area contributed by atoms with E-state index >= 15 is 0 Å². The number of nitro benzene ring substituents is 1. The summed E-state index contributed by atoms with van der Waals surface area (Å²) in [7, 11) is 0. The molecule has 0 aliphatic rings. The average Bonchev–Trinajstić information content (AvgIpc) is 2.53. The van der Waals surface area contributed by atoms with Crippen LogP contribution in [0.1, 0.15) is 5.56 Å². The number of ether oxygens (including phenoxy) is 1. The van der Waals surface area contributed by atoms with Crippen LogP contribution in [-0.4, -0.2) is 4.92 Å². The van der Waals surface area contributed by atoms with Crippen LogP contribution in [0.25, 0.3) is 10.8 Å². The van der Waals surface area contributed by atoms with E-state index in [1.165, 1.54) is 17.5 Å². The summed E-state index contributed by atoms with van der Waals surface area (Å²) in [4.78, 5) is 10.2. The van der Waals surface area contributed by atoms with Crippen molar-refractivity contribution < 1.29 is 9.66 Å². The molecule has 0 heterocycles. The van der Waals surface area contributed by atoms with Gasteiger partial charge in [-0.15, -0.1) is 0 Å². The van der Waals surface area contributed by atoms with Crippen LogP contribution in [0.5, 0.6) is 5.75 Å². The predicted octanol–water partition coefficient (Wildman–Crippen LogP) is 4.33. The van der Waals surface area contributed by atoms with Crippen LogP contribution < -0.4 is 4.74 Å². The molecule has 0 aliphatic carbocycles. The van der Waals surface area contributed by atoms with E-state index in [4.69, 9.17) is 4.74 Å². The lowest BCUT2D eigenvalue weighted by Crippen LogP contribution is -1.96. The zero-order valence-electron chi connectivity index (χ0n) is 11.2. The number of hydrogen-bond donors (Lipinski definition) is 0. The maximum atomic E-state index is 10.6. The van der Waals surface area contributed by atoms with Crippen molar-refractivity contribution in [3.8, 4) is 5.75 Å². The zero-order valence-corrected chi connectivity index (χ0v) is 11.2. The van der Waals surface area contributed by atoms with E-state index in [1.807, 2.05) is 24.3 Å². The van der Waals surface area contributed by atoms with Gasteiger partial charge < -0.3 is 4.74 Å². The number of benzene rings is 3. The number of nitro groups is 1. The summed E-state index contributed by atoms with van der Waals surface area (Å²) in [5.74, 6) is 0.619. The first-order valence-electron chi connectivity index (χ1n) is 6.58. The lowest BCUT2D eigenvalue weighted by molar-refractivity contribution is -0.384. The number of non-ortho nitro benzene ring substituents is 1. The van der Waals surface area contributed by atoms with Gasteiger partial charge in [0.2, 0.25) is 0 Å². The highest BCUT2D eigenvalue weighted by atomic mass is 16.6. The smallest absolute Gasteiger partial charge is 0.269 e. The van der Waals surface area contributed by atoms with Crippen molar-refractivity contribution in [2.24, 2.45) is 0 Å². The van der Waals surface area contributed by atoms with E-state index in [9.17, 15) is 10.1 Å². The Morgan fingerprint density at radius 1 is 0.905 bits per heavy atom. The van der Waals surface area contributed by atoms with E-state index < -0.39 is 4.92 Å². The van der Waals surface area contributed by atoms with E-state index in [2.05, 4.69) is 18.2 Å². The third kappa shape index (κ3) is 2.84. The minimum absolute atomic E-state index is 0.0625. The Bertz CT molecular complexity index is 776. The molecule has 0 bridgehead atoms. The fourth-order valence-electron chi connectivity index (χ4n) is 2.24. The molecular weight excluding hydrogens is 266 g/mol. The molecule has 0 spiro atoms. The van der Waals surface area contributed by atoms with Gasteiger partial charge in [-0.05, 0) is 28.5 Å². The Morgan fingerprint density at radius 2 is 1.62 bits per heavy atom. The zero-order chi connectivity index (χ0) is 14.7. The first-order chi connectivity index (χ1) is 10.2. The van der Waals surface area contributed by atoms with Gasteiger partial charge in [-0.25, -0.2) is 0 Å². The first-order valence-corrected chi connectivity index (χ1v) is 6.58. The maximum absolute atomic E-state index is 10.6. The van der Waals surface area contributed by atoms with Gasteiger partial charge in [0.15, 0.2) is 0 Å². The van der Waals surface area contributed by atoms with Gasteiger partial charge in [0.1, 0.15) is 12.4 Å². The highest BCUT2D eigenvalue weighted by Crippen LogP contribution is 2.22. The molecule has 0 aromatic heterocycles. The second kappa shape index (κ2) is 5.63. The summed E-state index contributed by atoms with van der Waals surface area (Å²) in [6.07, 6.45) is 0. The molecule has 4 heteroatoms. The van der Waals surface area contributed by atoms with Gasteiger partial charge in [0.25, 0.3) is 5.69 Å². The van der Waals surface area contributed by atoms with Crippen LogP contribution in [0, 0.1) is 10.1 Å². The lowest BCUT2D eigenvalue weighted by Gasteiger charge is -2.09. The molecule has 0 unspecified atom stereocenters. The van der Waals surface area contributed by atoms with Crippen LogP contribution >= 0.6 is 0 Å². The topological polar surface area (TPSA) is 52.4 Å². The molecule has 0 saturated carbocycles. The normalized spacial score (nSPS) is 10.5. The van der Waals surface area contributed by atoms with E-state index in [0.717, 1.165) is 10.9 Å². The largest absolute Gasteiger partial charge is 0.489 e. The summed E-state index contributed by atoms with van der Waals surface area (Å²) in [6, 6.07) is 20.3. The summed E-state index contributed by atoms with van der Waals surface area (Å²) in [5.41, 5.74) is 1.15. The van der Waals surface area contributed by atoms with Crippen LogP contribution in [-0.2, 0) is 6.61 Å². The summed E-state index contributed by atoms with van der Waals surface area (Å²) in [6.45, 7) is 0.430. The van der Waals surface area contributed by atoms with Crippen LogP contribution in [0.4, 0.5) is 5.69 Å². The van der Waals surface area contributed by atoms with Crippen LogP contribution in [0.2, 0.25) is 0 Å². The standard InChI is InChI=1S/C17H13NO3/c19-18(20)15-8-10-16(11-9-15)21-12-14-6-3-5-13-4-1-2-7-17(13)14/h1-11H,12H2. The summed E-state index contributed by atoms with van der Waals surface area (Å²) < 4.78 is 5.71. The van der Waals surface area contributed by atoms with Gasteiger partial charge in [0, 0.05) is 12.1 Å². The molecule has 3 rings (SSSR count). The molecule has 0 fully saturated rings. The van der Waals surface area contributed by atoms with E-state index in [-0.39, 0.29) is 5.69 Å². The average molecular weight is 279 g/mol. The molecular formula is C17H13NO3. The fraction of sp³-hybridized carbons (Fsp3) is 0.0588. The number of rotatable bonds is 4. The third-order valence-electron chi connectivity index (χ3n) is 3.32. The molecule has 104 valence electrons. The van der Waals surface area contributed by atoms with Crippen LogP contribution in [0.3, 0.4) is 0 Å². The lowest BCUT2D eigenvalue weighted by atomic mass is 10.1. The van der Waals surface area contributed by atoms with Gasteiger partial charge >= 0.3 is 0 Å². The van der Waals surface area contributed by atoms with Gasteiger partial charge in [0.05, 0.1) is 4.92 Å². The Kier molecular flexibility index (Phi) is 3.51. The van der Waals surface area contributed by atoms with Gasteiger partial charge in [-0.2, -0.15) is 0 Å². The quantitative estimate of drug-likeness (QED) is 0.527. The molecule has 21 heavy (non-hydrogen) atoms. The molecule has 3 aromatic carbocycles. The summed E-state index contributed by atoms with van der Waals surface area (Å²) >= 11 is 0. The van der Waals surface area contributed by atoms with Crippen molar-refractivity contribution in [3.63, 3.8) is 0 Å². The fourth-order valence-corrected chi connectivity index (χ4v) is 2.24. The summed E-state index contributed by atoms with van der Waals surface area (Å²) in [5, 5.41) is 12.9. The van der Waals surface area contributed by atoms with Crippen molar-refractivity contribution in [3.05, 3.63) is 82.4 Å². The number of hydrogen-bond acceptors (Lipinski definition) is 3. The van der Waals surface area contributed by atoms with Crippen molar-refractivity contribution in [2.75, 3.05) is 0 Å². The van der Waals surface area contributed by atoms with Crippen molar-refractivity contribution in [1.29, 1.82) is 0 Å². The van der Waals surface area contributed by atoms with Crippen molar-refractivity contribution >= 4 is 16.5 Å². The molecule has 0 aliphatic heterocycles. The molecule has 0 atom stereocenters. The monoisotopic (exact) mass is 279 g/mol. The minimum atomic E-state index is -0.422. The van der Waals surface area contributed by atoms with E-state index in [0.29, 0.717) is 12.4 Å². The third-order valence-corrected chi connectivity index (χ3v) is 3.32. The molecule has 0 radical (unpaired) electrons. The molecule has 0 N–H and O–H groups in total.